The Morgan fingerprint density at radius 2 is 1.71 bits per heavy atom. The number of benzene rings is 1. The highest BCUT2D eigenvalue weighted by Crippen LogP contribution is 2.29. The SMILES string of the molecule is C=CCN(C=C)Cc1ccc(C(F)(F)F)cc1. The predicted molar refractivity (Wildman–Crippen MR) is 62.2 cm³/mol. The smallest absolute Gasteiger partial charge is 0.370 e. The van der Waals surface area contributed by atoms with Crippen LogP contribution in [0.4, 0.5) is 13.2 Å². The van der Waals surface area contributed by atoms with Gasteiger partial charge in [-0.25, -0.2) is 0 Å². The van der Waals surface area contributed by atoms with Gasteiger partial charge in [0, 0.05) is 13.1 Å². The second-order valence-corrected chi connectivity index (χ2v) is 3.60. The molecule has 0 aliphatic heterocycles. The molecule has 0 saturated heterocycles. The molecule has 0 aliphatic carbocycles. The van der Waals surface area contributed by atoms with Gasteiger partial charge in [0.1, 0.15) is 0 Å². The molecule has 0 saturated carbocycles. The van der Waals surface area contributed by atoms with Crippen molar-refractivity contribution in [3.63, 3.8) is 0 Å². The Kier molecular flexibility index (Phi) is 4.37. The Hall–Kier alpha value is -1.71. The zero-order chi connectivity index (χ0) is 12.9. The fraction of sp³-hybridized carbons (Fsp3) is 0.231. The third-order valence-corrected chi connectivity index (χ3v) is 2.29. The first-order valence-corrected chi connectivity index (χ1v) is 5.11. The summed E-state index contributed by atoms with van der Waals surface area (Å²) in [6, 6.07) is 5.12. The first-order chi connectivity index (χ1) is 7.97. The van der Waals surface area contributed by atoms with Gasteiger partial charge in [-0.3, -0.25) is 0 Å². The summed E-state index contributed by atoms with van der Waals surface area (Å²) in [5.41, 5.74) is 0.176. The molecule has 1 aromatic carbocycles. The number of nitrogens with zero attached hydrogens (tertiary/aromatic N) is 1. The molecule has 0 radical (unpaired) electrons. The first-order valence-electron chi connectivity index (χ1n) is 5.11. The van der Waals surface area contributed by atoms with E-state index in [0.29, 0.717) is 13.1 Å². The zero-order valence-corrected chi connectivity index (χ0v) is 9.37. The summed E-state index contributed by atoms with van der Waals surface area (Å²) in [6.07, 6.45) is -0.928. The molecule has 1 rings (SSSR count). The molecule has 0 fully saturated rings. The summed E-state index contributed by atoms with van der Waals surface area (Å²) in [5, 5.41) is 0. The number of alkyl halides is 3. The van der Waals surface area contributed by atoms with Gasteiger partial charge < -0.3 is 4.90 Å². The molecule has 0 spiro atoms. The number of rotatable bonds is 5. The van der Waals surface area contributed by atoms with Crippen LogP contribution < -0.4 is 0 Å². The van der Waals surface area contributed by atoms with Gasteiger partial charge in [0.25, 0.3) is 0 Å². The van der Waals surface area contributed by atoms with E-state index in [4.69, 9.17) is 0 Å². The van der Waals surface area contributed by atoms with Crippen LogP contribution in [0.25, 0.3) is 0 Å². The molecule has 17 heavy (non-hydrogen) atoms. The minimum atomic E-state index is -4.28. The van der Waals surface area contributed by atoms with E-state index in [2.05, 4.69) is 13.2 Å². The molecule has 4 heteroatoms. The van der Waals surface area contributed by atoms with E-state index >= 15 is 0 Å². The van der Waals surface area contributed by atoms with Gasteiger partial charge >= 0.3 is 6.18 Å². The monoisotopic (exact) mass is 241 g/mol. The maximum Gasteiger partial charge on any atom is 0.416 e. The van der Waals surface area contributed by atoms with Crippen molar-refractivity contribution in [1.29, 1.82) is 0 Å². The lowest BCUT2D eigenvalue weighted by molar-refractivity contribution is -0.137. The van der Waals surface area contributed by atoms with E-state index in [0.717, 1.165) is 17.7 Å². The van der Waals surface area contributed by atoms with Crippen molar-refractivity contribution in [1.82, 2.24) is 4.90 Å². The highest BCUT2D eigenvalue weighted by atomic mass is 19.4. The van der Waals surface area contributed by atoms with E-state index in [9.17, 15) is 13.2 Å². The second kappa shape index (κ2) is 5.57. The number of halogens is 3. The minimum absolute atomic E-state index is 0.521. The van der Waals surface area contributed by atoms with E-state index in [-0.39, 0.29) is 0 Å². The lowest BCUT2D eigenvalue weighted by atomic mass is 10.1. The molecule has 0 unspecified atom stereocenters. The van der Waals surface area contributed by atoms with E-state index in [1.807, 2.05) is 4.90 Å². The fourth-order valence-electron chi connectivity index (χ4n) is 1.40. The van der Waals surface area contributed by atoms with Gasteiger partial charge in [-0.2, -0.15) is 13.2 Å². The maximum atomic E-state index is 12.3. The Morgan fingerprint density at radius 1 is 1.12 bits per heavy atom. The fourth-order valence-corrected chi connectivity index (χ4v) is 1.40. The van der Waals surface area contributed by atoms with Crippen LogP contribution in [-0.2, 0) is 12.7 Å². The van der Waals surface area contributed by atoms with Gasteiger partial charge in [-0.15, -0.1) is 6.58 Å². The van der Waals surface area contributed by atoms with Crippen LogP contribution in [0, 0.1) is 0 Å². The highest BCUT2D eigenvalue weighted by Gasteiger charge is 2.29. The lowest BCUT2D eigenvalue weighted by Gasteiger charge is -2.18. The van der Waals surface area contributed by atoms with Crippen LogP contribution in [0.2, 0.25) is 0 Å². The average Bonchev–Trinajstić information content (AvgIpc) is 2.28. The van der Waals surface area contributed by atoms with Crippen molar-refractivity contribution in [2.45, 2.75) is 12.7 Å². The second-order valence-electron chi connectivity index (χ2n) is 3.60. The predicted octanol–water partition coefficient (Wildman–Crippen LogP) is 3.84. The summed E-state index contributed by atoms with van der Waals surface area (Å²) < 4.78 is 37.0. The van der Waals surface area contributed by atoms with E-state index in [1.165, 1.54) is 12.1 Å². The normalized spacial score (nSPS) is 11.0. The van der Waals surface area contributed by atoms with Gasteiger partial charge in [-0.05, 0) is 23.9 Å². The van der Waals surface area contributed by atoms with Crippen molar-refractivity contribution < 1.29 is 13.2 Å². The van der Waals surface area contributed by atoms with Crippen LogP contribution in [-0.4, -0.2) is 11.4 Å². The van der Waals surface area contributed by atoms with Crippen molar-refractivity contribution in [2.24, 2.45) is 0 Å². The van der Waals surface area contributed by atoms with E-state index in [1.54, 1.807) is 12.3 Å². The summed E-state index contributed by atoms with van der Waals surface area (Å²) >= 11 is 0. The van der Waals surface area contributed by atoms with Crippen molar-refractivity contribution in [3.8, 4) is 0 Å². The Morgan fingerprint density at radius 3 is 2.12 bits per heavy atom. The highest BCUT2D eigenvalue weighted by molar-refractivity contribution is 5.24. The van der Waals surface area contributed by atoms with Crippen molar-refractivity contribution in [3.05, 3.63) is 60.8 Å². The van der Waals surface area contributed by atoms with Gasteiger partial charge in [-0.1, -0.05) is 24.8 Å². The summed E-state index contributed by atoms with van der Waals surface area (Å²) in [5.74, 6) is 0. The van der Waals surface area contributed by atoms with Crippen molar-refractivity contribution >= 4 is 0 Å². The first kappa shape index (κ1) is 13.4. The molecule has 1 aromatic rings. The zero-order valence-electron chi connectivity index (χ0n) is 9.37. The molecule has 0 N–H and O–H groups in total. The van der Waals surface area contributed by atoms with E-state index < -0.39 is 11.7 Å². The Balaban J connectivity index is 2.74. The molecular weight excluding hydrogens is 227 g/mol. The van der Waals surface area contributed by atoms with Gasteiger partial charge in [0.2, 0.25) is 0 Å². The lowest BCUT2D eigenvalue weighted by Crippen LogP contribution is -2.16. The number of hydrogen-bond acceptors (Lipinski definition) is 1. The van der Waals surface area contributed by atoms with Crippen molar-refractivity contribution in [2.75, 3.05) is 6.54 Å². The van der Waals surface area contributed by atoms with Crippen LogP contribution in [0.3, 0.4) is 0 Å². The molecule has 0 heterocycles. The quantitative estimate of drug-likeness (QED) is 0.708. The summed E-state index contributed by atoms with van der Waals surface area (Å²) in [4.78, 5) is 1.86. The third-order valence-electron chi connectivity index (χ3n) is 2.29. The Labute approximate surface area is 98.9 Å². The summed E-state index contributed by atoms with van der Waals surface area (Å²) in [6.45, 7) is 8.37. The maximum absolute atomic E-state index is 12.3. The topological polar surface area (TPSA) is 3.24 Å². The molecule has 1 nitrogen and oxygen atoms in total. The molecule has 92 valence electrons. The molecule has 0 amide bonds. The third kappa shape index (κ3) is 3.98. The average molecular weight is 241 g/mol. The van der Waals surface area contributed by atoms with Crippen LogP contribution in [0.15, 0.2) is 49.7 Å². The standard InChI is InChI=1S/C13H14F3N/c1-3-9-17(4-2)10-11-5-7-12(8-6-11)13(14,15)16/h3-8H,1-2,9-10H2. The van der Waals surface area contributed by atoms with Gasteiger partial charge in [0.15, 0.2) is 0 Å². The summed E-state index contributed by atoms with van der Waals surface area (Å²) in [7, 11) is 0. The van der Waals surface area contributed by atoms with Gasteiger partial charge in [0.05, 0.1) is 5.56 Å². The molecule has 0 bridgehead atoms. The minimum Gasteiger partial charge on any atom is -0.370 e. The largest absolute Gasteiger partial charge is 0.416 e. The molecule has 0 atom stereocenters. The molecule has 0 aliphatic rings. The van der Waals surface area contributed by atoms with Crippen LogP contribution >= 0.6 is 0 Å². The Bertz CT molecular complexity index is 379. The number of hydrogen-bond donors (Lipinski definition) is 0. The van der Waals surface area contributed by atoms with Crippen LogP contribution in [0.5, 0.6) is 0 Å². The molecular formula is C13H14F3N. The van der Waals surface area contributed by atoms with Crippen LogP contribution in [0.1, 0.15) is 11.1 Å². The molecule has 0 aromatic heterocycles.